The van der Waals surface area contributed by atoms with Crippen LogP contribution >= 0.6 is 69.9 Å². The molecule has 135 heavy (non-hydrogen) atoms. The number of thiophene rings is 3. The van der Waals surface area contributed by atoms with Crippen molar-refractivity contribution in [3.8, 4) is 67.2 Å². The molecule has 3 aliphatic heterocycles. The lowest BCUT2D eigenvalue weighted by Gasteiger charge is -2.32. The van der Waals surface area contributed by atoms with Crippen LogP contribution in [0.5, 0.6) is 0 Å². The summed E-state index contributed by atoms with van der Waals surface area (Å²) < 4.78 is 76.7. The number of hydrogen-bond acceptors (Lipinski definition) is 15. The summed E-state index contributed by atoms with van der Waals surface area (Å²) in [6.07, 6.45) is 0. The van der Waals surface area contributed by atoms with Crippen molar-refractivity contribution in [2.24, 2.45) is 0 Å². The molecule has 3 aliphatic rings. The normalized spacial score (nSPS) is 13.5. The second kappa shape index (κ2) is 31.5. The Bertz CT molecular complexity index is 10200. The SMILES string of the molecule is [2H]c1cc2c([2H])cccc2c2c1SN(c1nc(-c3ccccc3)c3ccccc3n1)c1c-2c2cccc([2H])c2c2c1sc1ccccc12.[2H]c1cc2c([2H])cccc2c2c1SN(c1nc(-c3ccccc3)c3ccccc3n1)c1c-2c2ccccc2c2c1sc1ccccc12.[2H]c1cccc2c3c(ccc12)SN(c1nc(-c2ccccc2)c2ccccc2n1)c1c-3c2cccc([2H])c2c2c1sc1ccccc12. The van der Waals surface area contributed by atoms with Crippen LogP contribution < -0.4 is 12.9 Å². The monoisotopic (exact) mass is 1830 g/mol. The maximum Gasteiger partial charge on any atom is 0.241 e. The first-order valence-electron chi connectivity index (χ1n) is 48.0. The zero-order valence-corrected chi connectivity index (χ0v) is 76.2. The Balaban J connectivity index is 0.000000104. The molecule has 15 heteroatoms. The van der Waals surface area contributed by atoms with Gasteiger partial charge in [-0.1, -0.05) is 364 Å². The number of para-hydroxylation sites is 3. The van der Waals surface area contributed by atoms with E-state index in [1.807, 2.05) is 158 Å². The molecule has 6 aromatic heterocycles. The first-order chi connectivity index (χ1) is 69.9. The molecule has 0 atom stereocenters. The molecule has 0 amide bonds. The minimum absolute atomic E-state index is 0.341. The third kappa shape index (κ3) is 12.4. The van der Waals surface area contributed by atoms with E-state index in [4.69, 9.17) is 34.0 Å². The molecule has 0 spiro atoms. The van der Waals surface area contributed by atoms with Gasteiger partial charge >= 0.3 is 0 Å². The number of rotatable bonds is 6. The minimum Gasteiger partial charge on any atom is -0.246 e. The van der Waals surface area contributed by atoms with E-state index in [9.17, 15) is 5.48 Å². The molecule has 0 saturated heterocycles. The standard InChI is InChI=1S/3C40H23N3S2/c3*1-2-13-25(14-3-1)37-29-18-8-10-20-31(29)41-40(42-37)43-38-36(35-26-15-5-4-12-24(26)22-23-33(35)45-43)28-17-7-6-16-27(28)34-30-19-9-11-21-32(30)44-39(34)38/h3*1-23H/i12D,16D,23D;12D,23D;12D,16D. The van der Waals surface area contributed by atoms with Gasteiger partial charge in [-0.25, -0.2) is 42.8 Å². The van der Waals surface area contributed by atoms with E-state index in [0.717, 1.165) is 231 Å². The molecule has 0 unspecified atom stereocenters. The van der Waals surface area contributed by atoms with Gasteiger partial charge in [0.05, 0.1) is 74.4 Å². The van der Waals surface area contributed by atoms with Crippen molar-refractivity contribution < 1.29 is 9.60 Å². The summed E-state index contributed by atoms with van der Waals surface area (Å²) in [5.74, 6) is 1.70. The van der Waals surface area contributed by atoms with Gasteiger partial charge in [0, 0.05) is 127 Å². The number of benzene rings is 21. The van der Waals surface area contributed by atoms with Crippen LogP contribution in [0.15, 0.2) is 433 Å². The molecule has 9 nitrogen and oxygen atoms in total. The van der Waals surface area contributed by atoms with Gasteiger partial charge in [0.1, 0.15) is 0 Å². The number of fused-ring (bicyclic) bond motifs is 39. The summed E-state index contributed by atoms with van der Waals surface area (Å²) in [6.45, 7) is 0. The van der Waals surface area contributed by atoms with Crippen LogP contribution in [-0.2, 0) is 0 Å². The number of aromatic nitrogens is 6. The molecule has 0 saturated carbocycles. The first-order valence-corrected chi connectivity index (χ1v) is 49.2. The van der Waals surface area contributed by atoms with E-state index in [1.54, 1.807) is 64.2 Å². The van der Waals surface area contributed by atoms with E-state index >= 15 is 0 Å². The van der Waals surface area contributed by atoms with Gasteiger partial charge in [-0.3, -0.25) is 0 Å². The van der Waals surface area contributed by atoms with Gasteiger partial charge < -0.3 is 0 Å². The fraction of sp³-hybridized carbons (Fsp3) is 0. The van der Waals surface area contributed by atoms with Crippen molar-refractivity contribution in [2.45, 2.75) is 14.7 Å². The van der Waals surface area contributed by atoms with Crippen LogP contribution in [0.1, 0.15) is 9.60 Å². The average Bonchev–Trinajstić information content (AvgIpc) is 1.45. The zero-order valence-electron chi connectivity index (χ0n) is 78.3. The van der Waals surface area contributed by atoms with Crippen molar-refractivity contribution in [1.29, 1.82) is 0 Å². The van der Waals surface area contributed by atoms with Crippen molar-refractivity contribution >= 4 is 263 Å². The van der Waals surface area contributed by atoms with Gasteiger partial charge in [-0.2, -0.15) is 0 Å². The second-order valence-electron chi connectivity index (χ2n) is 33.5. The summed E-state index contributed by atoms with van der Waals surface area (Å²) in [5.41, 5.74) is 17.3. The van der Waals surface area contributed by atoms with Gasteiger partial charge in [-0.05, 0) is 155 Å². The van der Waals surface area contributed by atoms with Gasteiger partial charge in [0.2, 0.25) is 17.8 Å². The predicted molar refractivity (Wildman–Crippen MR) is 578 cm³/mol. The molecular formula is C120H69N9S6. The quantitative estimate of drug-likeness (QED) is 0.149. The number of hydrogen-bond donors (Lipinski definition) is 0. The van der Waals surface area contributed by atoms with E-state index in [0.29, 0.717) is 60.1 Å². The van der Waals surface area contributed by atoms with Crippen molar-refractivity contribution in [3.63, 3.8) is 0 Å². The Kier molecular flexibility index (Phi) is 16.6. The smallest absolute Gasteiger partial charge is 0.241 e. The molecule has 9 heterocycles. The lowest BCUT2D eigenvalue weighted by molar-refractivity contribution is 1.17. The second-order valence-corrected chi connectivity index (χ2v) is 39.6. The summed E-state index contributed by atoms with van der Waals surface area (Å²) in [4.78, 5) is 34.2. The Morgan fingerprint density at radius 2 is 0.467 bits per heavy atom. The van der Waals surface area contributed by atoms with Gasteiger partial charge in [0.25, 0.3) is 0 Å². The third-order valence-electron chi connectivity index (χ3n) is 26.0. The van der Waals surface area contributed by atoms with Gasteiger partial charge in [0.15, 0.2) is 0 Å². The molecule has 0 fully saturated rings. The highest BCUT2D eigenvalue weighted by Crippen LogP contribution is 2.64. The van der Waals surface area contributed by atoms with Crippen LogP contribution in [0.25, 0.3) is 225 Å². The van der Waals surface area contributed by atoms with Crippen LogP contribution in [0.4, 0.5) is 34.9 Å². The zero-order chi connectivity index (χ0) is 94.5. The highest BCUT2D eigenvalue weighted by Gasteiger charge is 2.39. The van der Waals surface area contributed by atoms with Crippen LogP contribution in [0, 0.1) is 0 Å². The molecule has 21 aromatic carbocycles. The summed E-state index contributed by atoms with van der Waals surface area (Å²) in [7, 11) is 0. The van der Waals surface area contributed by atoms with E-state index in [1.165, 1.54) is 49.5 Å². The Labute approximate surface area is 808 Å². The Hall–Kier alpha value is -15.7. The van der Waals surface area contributed by atoms with Crippen LogP contribution in [-0.4, -0.2) is 29.9 Å². The van der Waals surface area contributed by atoms with Crippen LogP contribution in [0.2, 0.25) is 0 Å². The maximum absolute atomic E-state index is 9.32. The molecule has 30 rings (SSSR count). The maximum atomic E-state index is 9.32. The summed E-state index contributed by atoms with van der Waals surface area (Å²) >= 11 is 9.87. The molecule has 0 radical (unpaired) electrons. The fourth-order valence-electron chi connectivity index (χ4n) is 20.2. The van der Waals surface area contributed by atoms with Crippen molar-refractivity contribution in [2.75, 3.05) is 12.9 Å². The van der Waals surface area contributed by atoms with Crippen molar-refractivity contribution in [3.05, 3.63) is 418 Å². The highest BCUT2D eigenvalue weighted by atomic mass is 32.2. The number of anilines is 6. The molecule has 630 valence electrons. The van der Waals surface area contributed by atoms with Gasteiger partial charge in [-0.15, -0.1) is 34.0 Å². The molecule has 0 aliphatic carbocycles. The first kappa shape index (κ1) is 71.1. The topological polar surface area (TPSA) is 87.1 Å². The molecule has 0 bridgehead atoms. The Morgan fingerprint density at radius 1 is 0.193 bits per heavy atom. The summed E-state index contributed by atoms with van der Waals surface area (Å²) in [6, 6.07) is 130. The van der Waals surface area contributed by atoms with E-state index in [-0.39, 0.29) is 0 Å². The van der Waals surface area contributed by atoms with Crippen molar-refractivity contribution in [1.82, 2.24) is 29.9 Å². The largest absolute Gasteiger partial charge is 0.246 e. The minimum atomic E-state index is 0.341. The third-order valence-corrected chi connectivity index (χ3v) is 32.7. The lowest BCUT2D eigenvalue weighted by Crippen LogP contribution is -2.16. The molecule has 27 aromatic rings. The fourth-order valence-corrected chi connectivity index (χ4v) is 27.3. The number of nitrogens with zero attached hydrogens (tertiary/aromatic N) is 9. The predicted octanol–water partition coefficient (Wildman–Crippen LogP) is 35.4. The highest BCUT2D eigenvalue weighted by molar-refractivity contribution is 8.01. The molecule has 0 N–H and O–H groups in total. The lowest BCUT2D eigenvalue weighted by atomic mass is 9.90. The van der Waals surface area contributed by atoms with E-state index in [2.05, 4.69) is 213 Å². The Morgan fingerprint density at radius 3 is 0.844 bits per heavy atom. The summed E-state index contributed by atoms with van der Waals surface area (Å²) in [5, 5.41) is 21.2. The van der Waals surface area contributed by atoms with Crippen LogP contribution in [0.3, 0.4) is 0 Å². The van der Waals surface area contributed by atoms with E-state index < -0.39 is 0 Å². The average molecular weight is 1840 g/mol. The molecular weight excluding hydrogens is 1760 g/mol.